The lowest BCUT2D eigenvalue weighted by atomic mass is 9.89. The first-order valence-corrected chi connectivity index (χ1v) is 7.35. The number of methoxy groups -OCH3 is 1. The number of rotatable bonds is 2. The van der Waals surface area contributed by atoms with Gasteiger partial charge in [0.1, 0.15) is 6.10 Å². The van der Waals surface area contributed by atoms with Gasteiger partial charge in [-0.15, -0.1) is 0 Å². The van der Waals surface area contributed by atoms with Gasteiger partial charge < -0.3 is 14.8 Å². The first-order chi connectivity index (χ1) is 9.20. The molecule has 2 atom stereocenters. The van der Waals surface area contributed by atoms with Gasteiger partial charge in [-0.2, -0.15) is 0 Å². The number of nitrogens with one attached hydrogen (secondary N) is 1. The van der Waals surface area contributed by atoms with Gasteiger partial charge in [0, 0.05) is 18.5 Å². The van der Waals surface area contributed by atoms with Crippen LogP contribution in [0.15, 0.2) is 6.07 Å². The van der Waals surface area contributed by atoms with Crippen LogP contribution in [0.2, 0.25) is 5.02 Å². The maximum Gasteiger partial charge on any atom is 0.166 e. The van der Waals surface area contributed by atoms with Gasteiger partial charge in [-0.05, 0) is 43.9 Å². The highest BCUT2D eigenvalue weighted by Crippen LogP contribution is 2.46. The Morgan fingerprint density at radius 1 is 1.47 bits per heavy atom. The zero-order chi connectivity index (χ0) is 13.4. The van der Waals surface area contributed by atoms with Gasteiger partial charge in [-0.3, -0.25) is 0 Å². The zero-order valence-electron chi connectivity index (χ0n) is 11.5. The van der Waals surface area contributed by atoms with Crippen LogP contribution in [0, 0.1) is 0 Å². The molecule has 0 radical (unpaired) electrons. The van der Waals surface area contributed by atoms with Crippen LogP contribution in [0.25, 0.3) is 0 Å². The van der Waals surface area contributed by atoms with Crippen molar-refractivity contribution in [2.24, 2.45) is 0 Å². The summed E-state index contributed by atoms with van der Waals surface area (Å²) in [5, 5.41) is 4.33. The zero-order valence-corrected chi connectivity index (χ0v) is 12.2. The van der Waals surface area contributed by atoms with E-state index in [-0.39, 0.29) is 6.10 Å². The molecule has 0 saturated carbocycles. The number of benzene rings is 1. The maximum absolute atomic E-state index is 6.62. The highest BCUT2D eigenvalue weighted by atomic mass is 35.5. The molecule has 2 heterocycles. The summed E-state index contributed by atoms with van der Waals surface area (Å²) >= 11 is 6.62. The van der Waals surface area contributed by atoms with E-state index in [4.69, 9.17) is 21.1 Å². The quantitative estimate of drug-likeness (QED) is 0.903. The van der Waals surface area contributed by atoms with Crippen molar-refractivity contribution in [2.75, 3.05) is 20.2 Å². The number of fused-ring (bicyclic) bond motifs is 1. The lowest BCUT2D eigenvalue weighted by molar-refractivity contribution is 0.243. The van der Waals surface area contributed by atoms with E-state index >= 15 is 0 Å². The lowest BCUT2D eigenvalue weighted by Crippen LogP contribution is -2.28. The molecule has 1 aromatic carbocycles. The van der Waals surface area contributed by atoms with Gasteiger partial charge in [-0.1, -0.05) is 11.6 Å². The Kier molecular flexibility index (Phi) is 3.59. The molecular formula is C15H20ClNO2. The van der Waals surface area contributed by atoms with Crippen LogP contribution >= 0.6 is 11.6 Å². The van der Waals surface area contributed by atoms with Crippen LogP contribution in [0.1, 0.15) is 36.8 Å². The Morgan fingerprint density at radius 3 is 3.00 bits per heavy atom. The molecule has 3 nitrogen and oxygen atoms in total. The maximum atomic E-state index is 6.62. The summed E-state index contributed by atoms with van der Waals surface area (Å²) in [5.41, 5.74) is 2.33. The Balaban J connectivity index is 2.03. The predicted molar refractivity (Wildman–Crippen MR) is 76.6 cm³/mol. The third kappa shape index (κ3) is 2.30. The number of piperidine rings is 1. The SMILES string of the molecule is COc1cc(C2CCCNC2)c(Cl)c2c1OC(C)C2. The molecule has 19 heavy (non-hydrogen) atoms. The molecule has 0 spiro atoms. The molecule has 104 valence electrons. The van der Waals surface area contributed by atoms with E-state index in [9.17, 15) is 0 Å². The van der Waals surface area contributed by atoms with E-state index in [0.717, 1.165) is 41.6 Å². The second-order valence-corrected chi connectivity index (χ2v) is 5.84. The fourth-order valence-corrected chi connectivity index (χ4v) is 3.47. The van der Waals surface area contributed by atoms with Crippen molar-refractivity contribution in [1.82, 2.24) is 5.32 Å². The van der Waals surface area contributed by atoms with Gasteiger partial charge in [0.15, 0.2) is 11.5 Å². The van der Waals surface area contributed by atoms with Crippen molar-refractivity contribution in [2.45, 2.75) is 38.2 Å². The normalized spacial score (nSPS) is 25.8. The molecule has 0 bridgehead atoms. The van der Waals surface area contributed by atoms with E-state index < -0.39 is 0 Å². The number of ether oxygens (including phenoxy) is 2. The van der Waals surface area contributed by atoms with Gasteiger partial charge >= 0.3 is 0 Å². The smallest absolute Gasteiger partial charge is 0.166 e. The van der Waals surface area contributed by atoms with Crippen LogP contribution in [-0.2, 0) is 6.42 Å². The summed E-state index contributed by atoms with van der Waals surface area (Å²) in [6, 6.07) is 2.07. The van der Waals surface area contributed by atoms with E-state index in [1.165, 1.54) is 18.4 Å². The third-order valence-electron chi connectivity index (χ3n) is 4.07. The van der Waals surface area contributed by atoms with Crippen molar-refractivity contribution < 1.29 is 9.47 Å². The molecule has 4 heteroatoms. The molecule has 1 fully saturated rings. The Labute approximate surface area is 119 Å². The fourth-order valence-electron chi connectivity index (χ4n) is 3.10. The third-order valence-corrected chi connectivity index (χ3v) is 4.52. The molecule has 1 aromatic rings. The van der Waals surface area contributed by atoms with Crippen LogP contribution in [0.4, 0.5) is 0 Å². The lowest BCUT2D eigenvalue weighted by Gasteiger charge is -2.25. The molecule has 0 amide bonds. The fraction of sp³-hybridized carbons (Fsp3) is 0.600. The Hall–Kier alpha value is -0.930. The first-order valence-electron chi connectivity index (χ1n) is 6.97. The number of hydrogen-bond acceptors (Lipinski definition) is 3. The molecule has 2 aliphatic heterocycles. The molecular weight excluding hydrogens is 262 g/mol. The van der Waals surface area contributed by atoms with Crippen LogP contribution < -0.4 is 14.8 Å². The van der Waals surface area contributed by atoms with E-state index in [1.807, 2.05) is 0 Å². The summed E-state index contributed by atoms with van der Waals surface area (Å²) in [7, 11) is 1.69. The van der Waals surface area contributed by atoms with Crippen molar-refractivity contribution in [3.8, 4) is 11.5 Å². The summed E-state index contributed by atoms with van der Waals surface area (Å²) in [6.07, 6.45) is 3.44. The van der Waals surface area contributed by atoms with E-state index in [0.29, 0.717) is 5.92 Å². The van der Waals surface area contributed by atoms with Crippen molar-refractivity contribution in [3.05, 3.63) is 22.2 Å². The first kappa shape index (κ1) is 13.1. The minimum absolute atomic E-state index is 0.182. The predicted octanol–water partition coefficient (Wildman–Crippen LogP) is 3.14. The van der Waals surface area contributed by atoms with Crippen LogP contribution in [0.5, 0.6) is 11.5 Å². The largest absolute Gasteiger partial charge is 0.493 e. The van der Waals surface area contributed by atoms with Crippen LogP contribution in [-0.4, -0.2) is 26.3 Å². The molecule has 3 rings (SSSR count). The highest BCUT2D eigenvalue weighted by Gasteiger charge is 2.30. The van der Waals surface area contributed by atoms with E-state index in [1.54, 1.807) is 7.11 Å². The number of halogens is 1. The topological polar surface area (TPSA) is 30.5 Å². The molecule has 1 N–H and O–H groups in total. The second kappa shape index (κ2) is 5.22. The van der Waals surface area contributed by atoms with Gasteiger partial charge in [0.2, 0.25) is 0 Å². The van der Waals surface area contributed by atoms with Gasteiger partial charge in [0.25, 0.3) is 0 Å². The average Bonchev–Trinajstić information content (AvgIpc) is 2.83. The molecule has 0 aliphatic carbocycles. The second-order valence-electron chi connectivity index (χ2n) is 5.47. The monoisotopic (exact) mass is 281 g/mol. The Bertz CT molecular complexity index is 484. The molecule has 2 aliphatic rings. The summed E-state index contributed by atoms with van der Waals surface area (Å²) < 4.78 is 11.3. The summed E-state index contributed by atoms with van der Waals surface area (Å²) in [6.45, 7) is 4.17. The van der Waals surface area contributed by atoms with Crippen LogP contribution in [0.3, 0.4) is 0 Å². The molecule has 2 unspecified atom stereocenters. The summed E-state index contributed by atoms with van der Waals surface area (Å²) in [5.74, 6) is 2.15. The van der Waals surface area contributed by atoms with Crippen molar-refractivity contribution >= 4 is 11.6 Å². The highest BCUT2D eigenvalue weighted by molar-refractivity contribution is 6.32. The minimum Gasteiger partial charge on any atom is -0.493 e. The average molecular weight is 282 g/mol. The molecule has 0 aromatic heterocycles. The van der Waals surface area contributed by atoms with E-state index in [2.05, 4.69) is 18.3 Å². The standard InChI is InChI=1S/C15H20ClNO2/c1-9-6-12-14(16)11(10-4-3-5-17-8-10)7-13(18-2)15(12)19-9/h7,9-10,17H,3-6,8H2,1-2H3. The molecule has 1 saturated heterocycles. The minimum atomic E-state index is 0.182. The Morgan fingerprint density at radius 2 is 2.32 bits per heavy atom. The van der Waals surface area contributed by atoms with Gasteiger partial charge in [-0.25, -0.2) is 0 Å². The number of hydrogen-bond donors (Lipinski definition) is 1. The van der Waals surface area contributed by atoms with Crippen molar-refractivity contribution in [3.63, 3.8) is 0 Å². The van der Waals surface area contributed by atoms with Crippen molar-refractivity contribution in [1.29, 1.82) is 0 Å². The summed E-state index contributed by atoms with van der Waals surface area (Å²) in [4.78, 5) is 0. The van der Waals surface area contributed by atoms with Gasteiger partial charge in [0.05, 0.1) is 12.1 Å².